The first-order chi connectivity index (χ1) is 10.6. The molecule has 0 aliphatic heterocycles. The molecule has 4 aliphatic carbocycles. The molecule has 0 aromatic carbocycles. The van der Waals surface area contributed by atoms with Gasteiger partial charge in [-0.05, 0) is 61.2 Å². The zero-order chi connectivity index (χ0) is 17.1. The summed E-state index contributed by atoms with van der Waals surface area (Å²) in [5.74, 6) is 0.0667. The fraction of sp³-hybridized carbons (Fsp3) is 1.00. The van der Waals surface area contributed by atoms with E-state index in [0.29, 0.717) is 12.8 Å². The lowest BCUT2D eigenvalue weighted by Crippen LogP contribution is -2.62. The minimum absolute atomic E-state index is 0.0333. The Hall–Kier alpha value is -0.380. The Kier molecular flexibility index (Phi) is 4.02. The summed E-state index contributed by atoms with van der Waals surface area (Å²) in [7, 11) is -4.75. The topological polar surface area (TPSA) is 72.8 Å². The van der Waals surface area contributed by atoms with Crippen molar-refractivity contribution in [3.05, 3.63) is 0 Å². The van der Waals surface area contributed by atoms with Gasteiger partial charge in [0.05, 0.1) is 7.11 Å². The highest BCUT2D eigenvalue weighted by Crippen LogP contribution is 2.68. The van der Waals surface area contributed by atoms with Crippen LogP contribution in [0.25, 0.3) is 0 Å². The van der Waals surface area contributed by atoms with Crippen LogP contribution in [0.2, 0.25) is 0 Å². The van der Waals surface area contributed by atoms with E-state index in [4.69, 9.17) is 0 Å². The van der Waals surface area contributed by atoms with E-state index < -0.39 is 32.4 Å². The second kappa shape index (κ2) is 5.31. The molecular formula is C14H21F3O5S. The molecule has 4 fully saturated rings. The maximum atomic E-state index is 14.3. The predicted molar refractivity (Wildman–Crippen MR) is 73.5 cm³/mol. The van der Waals surface area contributed by atoms with Gasteiger partial charge in [-0.3, -0.25) is 0 Å². The smallest absolute Gasteiger partial charge is 0.396 e. The zero-order valence-corrected chi connectivity index (χ0v) is 13.6. The van der Waals surface area contributed by atoms with Crippen molar-refractivity contribution in [3.63, 3.8) is 0 Å². The van der Waals surface area contributed by atoms with Crippen LogP contribution in [0.5, 0.6) is 0 Å². The molecule has 4 bridgehead atoms. The summed E-state index contributed by atoms with van der Waals surface area (Å²) in [5.41, 5.74) is -2.02. The Balaban J connectivity index is 2.06. The molecule has 5 nitrogen and oxygen atoms in total. The van der Waals surface area contributed by atoms with E-state index in [1.54, 1.807) is 0 Å². The first-order valence-electron chi connectivity index (χ1n) is 7.70. The van der Waals surface area contributed by atoms with E-state index >= 15 is 0 Å². The summed E-state index contributed by atoms with van der Waals surface area (Å²) in [5, 5.41) is 7.14. The van der Waals surface area contributed by atoms with Gasteiger partial charge >= 0.3 is 16.3 Å². The highest BCUT2D eigenvalue weighted by Gasteiger charge is 2.69. The van der Waals surface area contributed by atoms with Crippen molar-refractivity contribution in [3.8, 4) is 0 Å². The van der Waals surface area contributed by atoms with Gasteiger partial charge in [0, 0.05) is 6.61 Å². The van der Waals surface area contributed by atoms with Crippen LogP contribution in [0.15, 0.2) is 0 Å². The molecule has 134 valence electrons. The van der Waals surface area contributed by atoms with Gasteiger partial charge in [0.2, 0.25) is 0 Å². The lowest BCUT2D eigenvalue weighted by molar-refractivity contribution is -0.434. The number of aliphatic hydroxyl groups is 1. The molecular weight excluding hydrogens is 337 g/mol. The second-order valence-electron chi connectivity index (χ2n) is 7.65. The first-order valence-corrected chi connectivity index (χ1v) is 9.14. The average Bonchev–Trinajstić information content (AvgIpc) is 2.33. The van der Waals surface area contributed by atoms with Crippen molar-refractivity contribution in [2.24, 2.45) is 22.7 Å². The molecule has 3 unspecified atom stereocenters. The summed E-state index contributed by atoms with van der Waals surface area (Å²) < 4.78 is 65.7. The molecule has 0 aromatic heterocycles. The molecule has 0 aromatic rings. The van der Waals surface area contributed by atoms with Crippen LogP contribution >= 0.6 is 0 Å². The van der Waals surface area contributed by atoms with Crippen molar-refractivity contribution in [1.29, 1.82) is 0 Å². The molecule has 4 saturated carbocycles. The zero-order valence-electron chi connectivity index (χ0n) is 12.8. The molecule has 23 heavy (non-hydrogen) atoms. The molecule has 0 spiro atoms. The summed E-state index contributed by atoms with van der Waals surface area (Å²) >= 11 is 0. The van der Waals surface area contributed by atoms with Crippen LogP contribution in [0.4, 0.5) is 12.7 Å². The van der Waals surface area contributed by atoms with Crippen LogP contribution in [0.1, 0.15) is 38.5 Å². The number of alkyl halides is 2. The summed E-state index contributed by atoms with van der Waals surface area (Å²) in [6, 6.07) is 0. The van der Waals surface area contributed by atoms with Crippen LogP contribution in [-0.2, 0) is 20.0 Å². The van der Waals surface area contributed by atoms with E-state index in [9.17, 15) is 26.2 Å². The minimum Gasteiger partial charge on any atom is -0.396 e. The largest absolute Gasteiger partial charge is 0.400 e. The van der Waals surface area contributed by atoms with Crippen molar-refractivity contribution in [2.75, 3.05) is 13.7 Å². The van der Waals surface area contributed by atoms with Gasteiger partial charge in [0.15, 0.2) is 5.25 Å². The number of hydrogen-bond acceptors (Lipinski definition) is 5. The standard InChI is InChI=1S/C14H21F3O5S/c1-21-22-14(15,16)11(23(17,19)20)13-5-9-2-10(6-13)4-12(3-9,7-13)8-18/h9-11,18H,2-8H2,1H3. The number of rotatable bonds is 6. The lowest BCUT2D eigenvalue weighted by Gasteiger charge is -2.63. The van der Waals surface area contributed by atoms with Crippen LogP contribution in [-0.4, -0.2) is 38.6 Å². The third-order valence-electron chi connectivity index (χ3n) is 5.90. The Labute approximate surface area is 133 Å². The van der Waals surface area contributed by atoms with Crippen molar-refractivity contribution >= 4 is 10.2 Å². The summed E-state index contributed by atoms with van der Waals surface area (Å²) in [6.45, 7) is -0.197. The normalized spacial score (nSPS) is 41.3. The van der Waals surface area contributed by atoms with Crippen molar-refractivity contribution < 1.29 is 36.0 Å². The Morgan fingerprint density at radius 1 is 1.26 bits per heavy atom. The molecule has 1 N–H and O–H groups in total. The fourth-order valence-electron chi connectivity index (χ4n) is 5.99. The van der Waals surface area contributed by atoms with E-state index in [-0.39, 0.29) is 37.7 Å². The Bertz CT molecular complexity index is 565. The van der Waals surface area contributed by atoms with Crippen molar-refractivity contribution in [2.45, 2.75) is 49.9 Å². The Morgan fingerprint density at radius 3 is 2.26 bits per heavy atom. The molecule has 9 heteroatoms. The van der Waals surface area contributed by atoms with E-state index in [1.165, 1.54) is 0 Å². The molecule has 0 heterocycles. The summed E-state index contributed by atoms with van der Waals surface area (Å²) in [4.78, 5) is 7.83. The van der Waals surface area contributed by atoms with Gasteiger partial charge in [-0.15, -0.1) is 3.89 Å². The third kappa shape index (κ3) is 2.79. The van der Waals surface area contributed by atoms with Gasteiger partial charge in [-0.1, -0.05) is 0 Å². The van der Waals surface area contributed by atoms with Crippen LogP contribution in [0.3, 0.4) is 0 Å². The minimum atomic E-state index is -5.58. The van der Waals surface area contributed by atoms with E-state index in [1.807, 2.05) is 0 Å². The molecule has 4 rings (SSSR count). The maximum absolute atomic E-state index is 14.3. The highest BCUT2D eigenvalue weighted by molar-refractivity contribution is 7.87. The molecule has 0 saturated heterocycles. The molecule has 0 amide bonds. The maximum Gasteiger partial charge on any atom is 0.400 e. The number of halogens is 3. The number of hydrogen-bond donors (Lipinski definition) is 1. The van der Waals surface area contributed by atoms with Gasteiger partial charge in [0.1, 0.15) is 0 Å². The average molecular weight is 358 g/mol. The quantitative estimate of drug-likeness (QED) is 0.448. The SMILES string of the molecule is COOC(F)(F)C(C12CC3CC(CC(CO)(C3)C1)C2)S(=O)(=O)F. The van der Waals surface area contributed by atoms with E-state index in [2.05, 4.69) is 9.78 Å². The molecule has 3 atom stereocenters. The van der Waals surface area contributed by atoms with Crippen LogP contribution < -0.4 is 0 Å². The third-order valence-corrected chi connectivity index (χ3v) is 7.24. The molecule has 4 aliphatic rings. The Morgan fingerprint density at radius 2 is 1.83 bits per heavy atom. The van der Waals surface area contributed by atoms with Gasteiger partial charge < -0.3 is 5.11 Å². The molecule has 0 radical (unpaired) electrons. The van der Waals surface area contributed by atoms with Crippen LogP contribution in [0, 0.1) is 22.7 Å². The first kappa shape index (κ1) is 17.4. The van der Waals surface area contributed by atoms with E-state index in [0.717, 1.165) is 13.5 Å². The predicted octanol–water partition coefficient (Wildman–Crippen LogP) is 2.40. The van der Waals surface area contributed by atoms with Gasteiger partial charge in [-0.25, -0.2) is 4.89 Å². The highest BCUT2D eigenvalue weighted by atomic mass is 32.3. The van der Waals surface area contributed by atoms with Crippen molar-refractivity contribution in [1.82, 2.24) is 0 Å². The summed E-state index contributed by atoms with van der Waals surface area (Å²) in [6.07, 6.45) is -1.62. The fourth-order valence-corrected chi connectivity index (χ4v) is 7.23. The monoisotopic (exact) mass is 358 g/mol. The number of aliphatic hydroxyl groups excluding tert-OH is 1. The van der Waals surface area contributed by atoms with Gasteiger partial charge in [-0.2, -0.15) is 22.1 Å². The second-order valence-corrected chi connectivity index (χ2v) is 9.07. The van der Waals surface area contributed by atoms with Gasteiger partial charge in [0.25, 0.3) is 0 Å². The lowest BCUT2D eigenvalue weighted by atomic mass is 9.43.